The molecule has 0 bridgehead atoms. The summed E-state index contributed by atoms with van der Waals surface area (Å²) in [6.07, 6.45) is 0. The number of fused-ring (bicyclic) bond motifs is 1. The predicted octanol–water partition coefficient (Wildman–Crippen LogP) is 6.31. The van der Waals surface area contributed by atoms with Gasteiger partial charge in [-0.1, -0.05) is 34.8 Å². The van der Waals surface area contributed by atoms with Gasteiger partial charge < -0.3 is 15.2 Å². The molecule has 164 valence electrons. The van der Waals surface area contributed by atoms with Crippen LogP contribution in [0.15, 0.2) is 42.5 Å². The van der Waals surface area contributed by atoms with Crippen LogP contribution in [0.1, 0.15) is 15.9 Å². The van der Waals surface area contributed by atoms with E-state index in [1.165, 1.54) is 48.4 Å². The van der Waals surface area contributed by atoms with Crippen LogP contribution in [0.4, 0.5) is 20.6 Å². The number of carbonyl (C=O) groups is 2. The second-order valence-corrected chi connectivity index (χ2v) is 8.11. The average molecular weight is 496 g/mol. The minimum Gasteiger partial charge on any atom is -0.508 e. The lowest BCUT2D eigenvalue weighted by Gasteiger charge is -2.33. The first-order chi connectivity index (χ1) is 15.2. The van der Waals surface area contributed by atoms with Gasteiger partial charge in [0, 0.05) is 23.7 Å². The number of amides is 2. The fourth-order valence-corrected chi connectivity index (χ4v) is 4.49. The molecule has 0 saturated heterocycles. The Morgan fingerprint density at radius 1 is 1.06 bits per heavy atom. The smallest absolute Gasteiger partial charge is 0.337 e. The van der Waals surface area contributed by atoms with Gasteiger partial charge in [0.2, 0.25) is 0 Å². The van der Waals surface area contributed by atoms with Crippen molar-refractivity contribution < 1.29 is 23.8 Å². The van der Waals surface area contributed by atoms with Crippen molar-refractivity contribution in [3.8, 4) is 16.9 Å². The Morgan fingerprint density at radius 2 is 1.75 bits per heavy atom. The summed E-state index contributed by atoms with van der Waals surface area (Å²) in [7, 11) is 1.22. The molecule has 1 aliphatic rings. The second-order valence-electron chi connectivity index (χ2n) is 6.89. The molecule has 10 heteroatoms. The normalized spacial score (nSPS) is 12.9. The van der Waals surface area contributed by atoms with E-state index >= 15 is 0 Å². The molecular weight excluding hydrogens is 482 g/mol. The number of phenols is 1. The fourth-order valence-electron chi connectivity index (χ4n) is 3.56. The van der Waals surface area contributed by atoms with E-state index in [0.29, 0.717) is 22.4 Å². The Morgan fingerprint density at radius 3 is 2.38 bits per heavy atom. The van der Waals surface area contributed by atoms with Crippen molar-refractivity contribution >= 4 is 58.2 Å². The van der Waals surface area contributed by atoms with Crippen molar-refractivity contribution in [2.75, 3.05) is 12.0 Å². The third-order valence-corrected chi connectivity index (χ3v) is 5.84. The number of ether oxygens (including phenoxy) is 1. The first kappa shape index (κ1) is 22.2. The topological polar surface area (TPSA) is 78.9 Å². The fraction of sp³-hybridized carbons (Fsp3) is 0.0909. The molecule has 32 heavy (non-hydrogen) atoms. The van der Waals surface area contributed by atoms with Crippen molar-refractivity contribution in [2.24, 2.45) is 0 Å². The number of hydrogen-bond acceptors (Lipinski definition) is 4. The van der Waals surface area contributed by atoms with Crippen molar-refractivity contribution in [1.29, 1.82) is 0 Å². The summed E-state index contributed by atoms with van der Waals surface area (Å²) in [5.41, 5.74) is 2.08. The first-order valence-corrected chi connectivity index (χ1v) is 10.3. The molecule has 3 aromatic carbocycles. The first-order valence-electron chi connectivity index (χ1n) is 9.18. The highest BCUT2D eigenvalue weighted by molar-refractivity contribution is 6.41. The summed E-state index contributed by atoms with van der Waals surface area (Å²) < 4.78 is 18.2. The Bertz CT molecular complexity index is 1260. The number of urea groups is 1. The number of nitrogens with one attached hydrogen (secondary N) is 1. The number of methoxy groups -OCH3 is 1. The van der Waals surface area contributed by atoms with Crippen molar-refractivity contribution in [1.82, 2.24) is 5.32 Å². The van der Waals surface area contributed by atoms with E-state index in [9.17, 15) is 19.1 Å². The maximum absolute atomic E-state index is 13.6. The summed E-state index contributed by atoms with van der Waals surface area (Å²) in [6.45, 7) is 0.115. The number of hydrogen-bond donors (Lipinski definition) is 2. The number of benzene rings is 3. The minimum atomic E-state index is -0.644. The molecule has 0 radical (unpaired) electrons. The zero-order chi connectivity index (χ0) is 23.2. The van der Waals surface area contributed by atoms with Crippen LogP contribution < -0.4 is 10.2 Å². The van der Waals surface area contributed by atoms with Gasteiger partial charge in [0.15, 0.2) is 0 Å². The third-order valence-electron chi connectivity index (χ3n) is 4.95. The molecule has 2 N–H and O–H groups in total. The Kier molecular flexibility index (Phi) is 5.90. The van der Waals surface area contributed by atoms with Crippen molar-refractivity contribution in [3.05, 3.63) is 74.5 Å². The van der Waals surface area contributed by atoms with E-state index in [1.54, 1.807) is 0 Å². The lowest BCUT2D eigenvalue weighted by Crippen LogP contribution is -2.41. The van der Waals surface area contributed by atoms with Crippen LogP contribution in [-0.4, -0.2) is 24.2 Å². The molecule has 0 aliphatic carbocycles. The summed E-state index contributed by atoms with van der Waals surface area (Å²) >= 11 is 19.0. The van der Waals surface area contributed by atoms with Crippen LogP contribution in [0.3, 0.4) is 0 Å². The van der Waals surface area contributed by atoms with E-state index in [4.69, 9.17) is 34.8 Å². The van der Waals surface area contributed by atoms with E-state index < -0.39 is 17.8 Å². The highest BCUT2D eigenvalue weighted by atomic mass is 35.5. The molecule has 0 spiro atoms. The zero-order valence-electron chi connectivity index (χ0n) is 16.4. The van der Waals surface area contributed by atoms with Gasteiger partial charge in [-0.15, -0.1) is 0 Å². The maximum Gasteiger partial charge on any atom is 0.337 e. The van der Waals surface area contributed by atoms with Crippen LogP contribution in [-0.2, 0) is 11.3 Å². The van der Waals surface area contributed by atoms with Crippen molar-refractivity contribution in [3.63, 3.8) is 0 Å². The van der Waals surface area contributed by atoms with E-state index in [0.717, 1.165) is 6.07 Å². The molecule has 2 amide bonds. The quantitative estimate of drug-likeness (QED) is 0.418. The number of aromatic hydroxyl groups is 1. The summed E-state index contributed by atoms with van der Waals surface area (Å²) in [5, 5.41) is 13.3. The van der Waals surface area contributed by atoms with Crippen LogP contribution in [0.25, 0.3) is 11.1 Å². The van der Waals surface area contributed by atoms with E-state index in [1.807, 2.05) is 0 Å². The van der Waals surface area contributed by atoms with Crippen LogP contribution in [0, 0.1) is 5.82 Å². The molecular formula is C22H14Cl3FN2O4. The summed E-state index contributed by atoms with van der Waals surface area (Å²) in [4.78, 5) is 25.9. The summed E-state index contributed by atoms with van der Waals surface area (Å²) in [5.74, 6) is -1.31. The standard InChI is InChI=1S/C22H14Cl3FN2O4/c1-32-21(30)10-4-17(24)20(18(25)5-10)28-19-8-12(29)7-14(15(19)9-27-22(28)31)13-3-2-11(26)6-16(13)23/h2-8,29H,9H2,1H3,(H,27,31). The molecule has 0 aromatic heterocycles. The van der Waals surface area contributed by atoms with Gasteiger partial charge in [-0.25, -0.2) is 14.0 Å². The van der Waals surface area contributed by atoms with Crippen molar-refractivity contribution in [2.45, 2.75) is 6.54 Å². The van der Waals surface area contributed by atoms with Gasteiger partial charge in [-0.2, -0.15) is 0 Å². The number of halogens is 4. The van der Waals surface area contributed by atoms with Gasteiger partial charge >= 0.3 is 12.0 Å². The second kappa shape index (κ2) is 8.50. The molecule has 4 rings (SSSR count). The Hall–Kier alpha value is -3.00. The van der Waals surface area contributed by atoms with E-state index in [2.05, 4.69) is 10.1 Å². The third kappa shape index (κ3) is 3.83. The molecule has 3 aromatic rings. The van der Waals surface area contributed by atoms with E-state index in [-0.39, 0.29) is 38.6 Å². The minimum absolute atomic E-state index is 0.0191. The van der Waals surface area contributed by atoms with Crippen LogP contribution >= 0.6 is 34.8 Å². The average Bonchev–Trinajstić information content (AvgIpc) is 2.73. The Balaban J connectivity index is 1.93. The molecule has 6 nitrogen and oxygen atoms in total. The maximum atomic E-state index is 13.6. The largest absolute Gasteiger partial charge is 0.508 e. The van der Waals surface area contributed by atoms with Gasteiger partial charge in [0.05, 0.1) is 39.1 Å². The molecule has 0 atom stereocenters. The molecule has 0 saturated carbocycles. The number of esters is 1. The number of nitrogens with zero attached hydrogens (tertiary/aromatic N) is 1. The lowest BCUT2D eigenvalue weighted by atomic mass is 9.95. The summed E-state index contributed by atoms with van der Waals surface area (Å²) in [6, 6.07) is 8.86. The monoisotopic (exact) mass is 494 g/mol. The number of phenolic OH excluding ortho intramolecular Hbond substituents is 1. The molecule has 0 unspecified atom stereocenters. The van der Waals surface area contributed by atoms with Crippen LogP contribution in [0.2, 0.25) is 15.1 Å². The molecule has 1 aliphatic heterocycles. The van der Waals surface area contributed by atoms with Gasteiger partial charge in [0.25, 0.3) is 0 Å². The number of rotatable bonds is 3. The van der Waals surface area contributed by atoms with Crippen LogP contribution in [0.5, 0.6) is 5.75 Å². The highest BCUT2D eigenvalue weighted by Crippen LogP contribution is 2.46. The molecule has 0 fully saturated rings. The van der Waals surface area contributed by atoms with Gasteiger partial charge in [0.1, 0.15) is 11.6 Å². The molecule has 1 heterocycles. The van der Waals surface area contributed by atoms with Gasteiger partial charge in [-0.3, -0.25) is 4.90 Å². The highest BCUT2D eigenvalue weighted by Gasteiger charge is 2.32. The predicted molar refractivity (Wildman–Crippen MR) is 121 cm³/mol. The Labute approximate surface area is 197 Å². The lowest BCUT2D eigenvalue weighted by molar-refractivity contribution is 0.0600. The zero-order valence-corrected chi connectivity index (χ0v) is 18.6. The number of carbonyl (C=O) groups excluding carboxylic acids is 2. The SMILES string of the molecule is COC(=O)c1cc(Cl)c(N2C(=O)NCc3c(-c4ccc(F)cc4Cl)cc(O)cc32)c(Cl)c1. The number of anilines is 2. The van der Waals surface area contributed by atoms with Gasteiger partial charge in [-0.05, 0) is 42.0 Å².